The van der Waals surface area contributed by atoms with E-state index >= 15 is 0 Å². The molecule has 1 saturated heterocycles. The number of carbonyl (C=O) groups excluding carboxylic acids is 1. The summed E-state index contributed by atoms with van der Waals surface area (Å²) in [6.45, 7) is 2.49. The van der Waals surface area contributed by atoms with E-state index in [1.54, 1.807) is 18.2 Å². The molecular weight excluding hydrogens is 328 g/mol. The van der Waals surface area contributed by atoms with Crippen LogP contribution in [0.3, 0.4) is 0 Å². The molecule has 2 aromatic carbocycles. The molecule has 2 aliphatic heterocycles. The Balaban J connectivity index is 1.59. The Hall–Kier alpha value is -2.82. The van der Waals surface area contributed by atoms with Crippen LogP contribution >= 0.6 is 0 Å². The second-order valence-corrected chi connectivity index (χ2v) is 6.95. The Morgan fingerprint density at radius 1 is 0.885 bits per heavy atom. The minimum absolute atomic E-state index is 0.124. The highest BCUT2D eigenvalue weighted by atomic mass is 16.4. The third-order valence-electron chi connectivity index (χ3n) is 5.27. The summed E-state index contributed by atoms with van der Waals surface area (Å²) < 4.78 is 0. The van der Waals surface area contributed by atoms with Gasteiger partial charge < -0.3 is 14.9 Å². The van der Waals surface area contributed by atoms with Gasteiger partial charge in [0.1, 0.15) is 0 Å². The molecule has 2 heterocycles. The number of anilines is 2. The Labute approximate surface area is 152 Å². The molecule has 2 aliphatic rings. The van der Waals surface area contributed by atoms with Crippen molar-refractivity contribution in [2.75, 3.05) is 24.5 Å². The smallest absolute Gasteiger partial charge is 0.335 e. The second-order valence-electron chi connectivity index (χ2n) is 6.95. The largest absolute Gasteiger partial charge is 0.478 e. The molecule has 0 atom stereocenters. The lowest BCUT2D eigenvalue weighted by atomic mass is 10.1. The van der Waals surface area contributed by atoms with Gasteiger partial charge in [0.2, 0.25) is 0 Å². The molecule has 1 fully saturated rings. The first kappa shape index (κ1) is 16.6. The number of amides is 1. The van der Waals surface area contributed by atoms with E-state index in [9.17, 15) is 14.7 Å². The Kier molecular flexibility index (Phi) is 4.37. The number of aromatic carboxylic acids is 1. The van der Waals surface area contributed by atoms with Crippen molar-refractivity contribution in [2.24, 2.45) is 0 Å². The second kappa shape index (κ2) is 6.83. The molecule has 0 aromatic heterocycles. The van der Waals surface area contributed by atoms with Crippen LogP contribution in [0.15, 0.2) is 42.5 Å². The van der Waals surface area contributed by atoms with Crippen molar-refractivity contribution in [1.82, 2.24) is 4.90 Å². The zero-order valence-electron chi connectivity index (χ0n) is 14.6. The van der Waals surface area contributed by atoms with Crippen molar-refractivity contribution >= 4 is 23.3 Å². The van der Waals surface area contributed by atoms with Crippen molar-refractivity contribution in [3.8, 4) is 0 Å². The third kappa shape index (κ3) is 3.05. The number of benzene rings is 2. The average Bonchev–Trinajstić information content (AvgIpc) is 3.11. The van der Waals surface area contributed by atoms with Crippen LogP contribution < -0.4 is 4.90 Å². The number of hydrogen-bond donors (Lipinski definition) is 1. The number of likely N-dealkylation sites (tertiary alicyclic amines) is 1. The molecule has 2 aromatic rings. The van der Waals surface area contributed by atoms with E-state index in [1.807, 2.05) is 29.2 Å². The molecule has 0 bridgehead atoms. The van der Waals surface area contributed by atoms with Gasteiger partial charge in [0.15, 0.2) is 0 Å². The maximum Gasteiger partial charge on any atom is 0.335 e. The van der Waals surface area contributed by atoms with Gasteiger partial charge in [-0.15, -0.1) is 0 Å². The van der Waals surface area contributed by atoms with Gasteiger partial charge in [0.05, 0.1) is 5.56 Å². The van der Waals surface area contributed by atoms with Gasteiger partial charge in [-0.3, -0.25) is 4.79 Å². The van der Waals surface area contributed by atoms with E-state index in [2.05, 4.69) is 4.90 Å². The lowest BCUT2D eigenvalue weighted by Gasteiger charge is -2.27. The summed E-state index contributed by atoms with van der Waals surface area (Å²) in [5, 5.41) is 9.21. The standard InChI is InChI=1S/C21H22N2O3/c24-20(22-10-2-1-3-11-22)16-7-8-19-15(13-16)9-12-23(19)18-6-4-5-17(14-18)21(25)26/h4-8,13-14H,1-3,9-12H2,(H,25,26). The number of rotatable bonds is 3. The minimum atomic E-state index is -0.922. The van der Waals surface area contributed by atoms with E-state index < -0.39 is 5.97 Å². The topological polar surface area (TPSA) is 60.9 Å². The lowest BCUT2D eigenvalue weighted by molar-refractivity contribution is 0.0694. The summed E-state index contributed by atoms with van der Waals surface area (Å²) in [7, 11) is 0. The summed E-state index contributed by atoms with van der Waals surface area (Å²) in [6, 6.07) is 12.9. The normalized spacial score (nSPS) is 16.5. The van der Waals surface area contributed by atoms with E-state index in [1.165, 1.54) is 6.42 Å². The molecule has 0 spiro atoms. The van der Waals surface area contributed by atoms with Crippen LogP contribution in [0, 0.1) is 0 Å². The van der Waals surface area contributed by atoms with Crippen molar-refractivity contribution in [3.05, 3.63) is 59.2 Å². The van der Waals surface area contributed by atoms with E-state index in [-0.39, 0.29) is 11.5 Å². The number of carboxylic acids is 1. The van der Waals surface area contributed by atoms with Crippen molar-refractivity contribution in [3.63, 3.8) is 0 Å². The predicted octanol–water partition coefficient (Wildman–Crippen LogP) is 3.71. The molecule has 4 rings (SSSR count). The van der Waals surface area contributed by atoms with Gasteiger partial charge >= 0.3 is 5.97 Å². The number of fused-ring (bicyclic) bond motifs is 1. The number of carboxylic acid groups (broad SMARTS) is 1. The highest BCUT2D eigenvalue weighted by Crippen LogP contribution is 2.35. The summed E-state index contributed by atoms with van der Waals surface area (Å²) >= 11 is 0. The molecule has 0 aliphatic carbocycles. The SMILES string of the molecule is O=C(O)c1cccc(N2CCc3cc(C(=O)N4CCCCC4)ccc32)c1. The van der Waals surface area contributed by atoms with Gasteiger partial charge in [0, 0.05) is 36.6 Å². The van der Waals surface area contributed by atoms with Crippen molar-refractivity contribution < 1.29 is 14.7 Å². The minimum Gasteiger partial charge on any atom is -0.478 e. The highest BCUT2D eigenvalue weighted by Gasteiger charge is 2.24. The number of nitrogens with zero attached hydrogens (tertiary/aromatic N) is 2. The fraction of sp³-hybridized carbons (Fsp3) is 0.333. The maximum atomic E-state index is 12.7. The van der Waals surface area contributed by atoms with Crippen LogP contribution in [0.25, 0.3) is 0 Å². The third-order valence-corrected chi connectivity index (χ3v) is 5.27. The molecular formula is C21H22N2O3. The maximum absolute atomic E-state index is 12.7. The molecule has 0 saturated carbocycles. The van der Waals surface area contributed by atoms with Crippen LogP contribution in [-0.2, 0) is 6.42 Å². The van der Waals surface area contributed by atoms with Crippen LogP contribution in [0.2, 0.25) is 0 Å². The summed E-state index contributed by atoms with van der Waals surface area (Å²) in [4.78, 5) is 28.0. The lowest BCUT2D eigenvalue weighted by Crippen LogP contribution is -2.35. The van der Waals surface area contributed by atoms with Crippen LogP contribution in [0.5, 0.6) is 0 Å². The Bertz CT molecular complexity index is 856. The summed E-state index contributed by atoms with van der Waals surface area (Å²) in [5.74, 6) is -0.799. The molecule has 0 unspecified atom stereocenters. The van der Waals surface area contributed by atoms with Crippen LogP contribution in [0.1, 0.15) is 45.5 Å². The zero-order chi connectivity index (χ0) is 18.1. The van der Waals surface area contributed by atoms with Gasteiger partial charge in [-0.05, 0) is 67.6 Å². The summed E-state index contributed by atoms with van der Waals surface area (Å²) in [5.41, 5.74) is 4.12. The fourth-order valence-corrected chi connectivity index (χ4v) is 3.89. The molecule has 26 heavy (non-hydrogen) atoms. The first-order valence-corrected chi connectivity index (χ1v) is 9.16. The first-order valence-electron chi connectivity index (χ1n) is 9.16. The molecule has 0 radical (unpaired) electrons. The summed E-state index contributed by atoms with van der Waals surface area (Å²) in [6.07, 6.45) is 4.24. The Morgan fingerprint density at radius 2 is 1.69 bits per heavy atom. The van der Waals surface area contributed by atoms with Gasteiger partial charge in [-0.2, -0.15) is 0 Å². The molecule has 5 nitrogen and oxygen atoms in total. The highest BCUT2D eigenvalue weighted by molar-refractivity contribution is 5.95. The zero-order valence-corrected chi connectivity index (χ0v) is 14.6. The van der Waals surface area contributed by atoms with Gasteiger partial charge in [0.25, 0.3) is 5.91 Å². The fourth-order valence-electron chi connectivity index (χ4n) is 3.89. The van der Waals surface area contributed by atoms with Gasteiger partial charge in [-0.25, -0.2) is 4.79 Å². The van der Waals surface area contributed by atoms with Crippen molar-refractivity contribution in [1.29, 1.82) is 0 Å². The monoisotopic (exact) mass is 350 g/mol. The number of carbonyl (C=O) groups is 2. The number of piperidine rings is 1. The molecule has 1 N–H and O–H groups in total. The Morgan fingerprint density at radius 3 is 2.46 bits per heavy atom. The van der Waals surface area contributed by atoms with E-state index in [0.29, 0.717) is 0 Å². The van der Waals surface area contributed by atoms with Gasteiger partial charge in [-0.1, -0.05) is 6.07 Å². The number of hydrogen-bond acceptors (Lipinski definition) is 3. The van der Waals surface area contributed by atoms with E-state index in [4.69, 9.17) is 0 Å². The van der Waals surface area contributed by atoms with E-state index in [0.717, 1.165) is 61.4 Å². The van der Waals surface area contributed by atoms with Crippen LogP contribution in [0.4, 0.5) is 11.4 Å². The average molecular weight is 350 g/mol. The first-order chi connectivity index (χ1) is 12.6. The van der Waals surface area contributed by atoms with Crippen molar-refractivity contribution in [2.45, 2.75) is 25.7 Å². The molecule has 1 amide bonds. The molecule has 5 heteroatoms. The quantitative estimate of drug-likeness (QED) is 0.917. The predicted molar refractivity (Wildman–Crippen MR) is 100 cm³/mol. The van der Waals surface area contributed by atoms with Crippen LogP contribution in [-0.4, -0.2) is 41.5 Å². The molecule has 134 valence electrons.